The predicted octanol–water partition coefficient (Wildman–Crippen LogP) is 3.20. The predicted molar refractivity (Wildman–Crippen MR) is 94.7 cm³/mol. The first-order valence-corrected chi connectivity index (χ1v) is 8.70. The van der Waals surface area contributed by atoms with Crippen molar-refractivity contribution in [3.8, 4) is 0 Å². The number of aromatic nitrogens is 1. The lowest BCUT2D eigenvalue weighted by atomic mass is 10.1. The molecule has 6 nitrogen and oxygen atoms in total. The SMILES string of the molecule is COCCN(CC(=O)Nc1ncc(C)s1)C(=O)c1cccc(C(F)(F)F)c1. The molecule has 0 saturated heterocycles. The highest BCUT2D eigenvalue weighted by Gasteiger charge is 2.31. The van der Waals surface area contributed by atoms with Crippen molar-refractivity contribution in [3.05, 3.63) is 46.5 Å². The van der Waals surface area contributed by atoms with Crippen LogP contribution in [0.25, 0.3) is 0 Å². The molecule has 1 heterocycles. The first-order valence-electron chi connectivity index (χ1n) is 7.88. The van der Waals surface area contributed by atoms with Crippen LogP contribution in [-0.2, 0) is 15.7 Å². The molecule has 1 aromatic carbocycles. The smallest absolute Gasteiger partial charge is 0.383 e. The highest BCUT2D eigenvalue weighted by molar-refractivity contribution is 7.15. The van der Waals surface area contributed by atoms with E-state index in [-0.39, 0.29) is 25.3 Å². The van der Waals surface area contributed by atoms with Gasteiger partial charge in [0.25, 0.3) is 5.91 Å². The molecule has 1 N–H and O–H groups in total. The van der Waals surface area contributed by atoms with Gasteiger partial charge in [0.15, 0.2) is 5.13 Å². The fraction of sp³-hybridized carbons (Fsp3) is 0.353. The molecule has 0 aliphatic rings. The monoisotopic (exact) mass is 401 g/mol. The number of carbonyl (C=O) groups excluding carboxylic acids is 2. The second-order valence-corrected chi connectivity index (χ2v) is 6.86. The summed E-state index contributed by atoms with van der Waals surface area (Å²) in [7, 11) is 1.42. The van der Waals surface area contributed by atoms with E-state index in [2.05, 4.69) is 10.3 Å². The molecule has 27 heavy (non-hydrogen) atoms. The van der Waals surface area contributed by atoms with Gasteiger partial charge < -0.3 is 15.0 Å². The van der Waals surface area contributed by atoms with Crippen LogP contribution in [-0.4, -0.2) is 48.5 Å². The number of nitrogens with one attached hydrogen (secondary N) is 1. The molecule has 146 valence electrons. The van der Waals surface area contributed by atoms with Gasteiger partial charge in [-0.25, -0.2) is 4.98 Å². The summed E-state index contributed by atoms with van der Waals surface area (Å²) in [5, 5.41) is 2.95. The fourth-order valence-electron chi connectivity index (χ4n) is 2.21. The lowest BCUT2D eigenvalue weighted by molar-refractivity contribution is -0.137. The summed E-state index contributed by atoms with van der Waals surface area (Å²) in [4.78, 5) is 30.9. The molecule has 0 aliphatic carbocycles. The molecule has 0 atom stereocenters. The Balaban J connectivity index is 2.14. The van der Waals surface area contributed by atoms with Crippen LogP contribution in [0.5, 0.6) is 0 Å². The number of rotatable bonds is 7. The van der Waals surface area contributed by atoms with Gasteiger partial charge in [-0.2, -0.15) is 13.2 Å². The molecule has 2 amide bonds. The second kappa shape index (κ2) is 8.96. The Kier molecular flexibility index (Phi) is 6.92. The van der Waals surface area contributed by atoms with E-state index in [4.69, 9.17) is 4.74 Å². The standard InChI is InChI=1S/C17H18F3N3O3S/c1-11-9-21-16(27-11)22-14(24)10-23(6-7-26-2)15(25)12-4-3-5-13(8-12)17(18,19)20/h3-5,8-9H,6-7,10H2,1-2H3,(H,21,22,24). The molecule has 0 radical (unpaired) electrons. The normalized spacial score (nSPS) is 11.3. The topological polar surface area (TPSA) is 71.5 Å². The van der Waals surface area contributed by atoms with Gasteiger partial charge >= 0.3 is 6.18 Å². The Hall–Kier alpha value is -2.46. The van der Waals surface area contributed by atoms with E-state index in [1.165, 1.54) is 24.5 Å². The first-order chi connectivity index (χ1) is 12.7. The van der Waals surface area contributed by atoms with Gasteiger partial charge in [0.1, 0.15) is 6.54 Å². The van der Waals surface area contributed by atoms with Gasteiger partial charge in [0, 0.05) is 30.3 Å². The van der Waals surface area contributed by atoms with Crippen LogP contribution in [0.3, 0.4) is 0 Å². The van der Waals surface area contributed by atoms with Crippen LogP contribution in [0.15, 0.2) is 30.5 Å². The van der Waals surface area contributed by atoms with Gasteiger partial charge in [0.05, 0.1) is 12.2 Å². The molecule has 0 unspecified atom stereocenters. The van der Waals surface area contributed by atoms with Gasteiger partial charge in [0.2, 0.25) is 5.91 Å². The summed E-state index contributed by atoms with van der Waals surface area (Å²) in [5.74, 6) is -1.19. The highest BCUT2D eigenvalue weighted by atomic mass is 32.1. The summed E-state index contributed by atoms with van der Waals surface area (Å²) in [6.45, 7) is 1.68. The molecule has 0 bridgehead atoms. The van der Waals surface area contributed by atoms with E-state index < -0.39 is 23.6 Å². The number of hydrogen-bond donors (Lipinski definition) is 1. The second-order valence-electron chi connectivity index (χ2n) is 5.62. The minimum Gasteiger partial charge on any atom is -0.383 e. The van der Waals surface area contributed by atoms with Gasteiger partial charge in [-0.15, -0.1) is 11.3 Å². The van der Waals surface area contributed by atoms with Crippen LogP contribution < -0.4 is 5.32 Å². The molecule has 10 heteroatoms. The fourth-order valence-corrected chi connectivity index (χ4v) is 2.89. The molecule has 0 saturated carbocycles. The van der Waals surface area contributed by atoms with Crippen molar-refractivity contribution in [3.63, 3.8) is 0 Å². The van der Waals surface area contributed by atoms with Crippen molar-refractivity contribution in [2.45, 2.75) is 13.1 Å². The summed E-state index contributed by atoms with van der Waals surface area (Å²) >= 11 is 1.27. The van der Waals surface area contributed by atoms with Gasteiger partial charge in [-0.3, -0.25) is 9.59 Å². The number of benzene rings is 1. The number of thiazole rings is 1. The Morgan fingerprint density at radius 3 is 2.67 bits per heavy atom. The van der Waals surface area contributed by atoms with Crippen LogP contribution >= 0.6 is 11.3 Å². The quantitative estimate of drug-likeness (QED) is 0.774. The zero-order valence-electron chi connectivity index (χ0n) is 14.7. The third kappa shape index (κ3) is 6.04. The number of hydrogen-bond acceptors (Lipinski definition) is 5. The third-order valence-electron chi connectivity index (χ3n) is 3.49. The summed E-state index contributed by atoms with van der Waals surface area (Å²) < 4.78 is 43.5. The zero-order valence-corrected chi connectivity index (χ0v) is 15.5. The number of alkyl halides is 3. The number of methoxy groups -OCH3 is 1. The van der Waals surface area contributed by atoms with Crippen molar-refractivity contribution in [2.24, 2.45) is 0 Å². The molecule has 0 spiro atoms. The van der Waals surface area contributed by atoms with Gasteiger partial charge in [-0.05, 0) is 25.1 Å². The molecule has 2 rings (SSSR count). The van der Waals surface area contributed by atoms with E-state index in [1.807, 2.05) is 6.92 Å². The van der Waals surface area contributed by atoms with Crippen molar-refractivity contribution in [2.75, 3.05) is 32.1 Å². The molecule has 1 aromatic heterocycles. The Morgan fingerprint density at radius 1 is 1.33 bits per heavy atom. The van der Waals surface area contributed by atoms with Crippen molar-refractivity contribution < 1.29 is 27.5 Å². The van der Waals surface area contributed by atoms with Crippen LogP contribution in [0.4, 0.5) is 18.3 Å². The van der Waals surface area contributed by atoms with Crippen molar-refractivity contribution in [1.82, 2.24) is 9.88 Å². The maximum absolute atomic E-state index is 12.9. The number of anilines is 1. The Morgan fingerprint density at radius 2 is 2.07 bits per heavy atom. The average molecular weight is 401 g/mol. The van der Waals surface area contributed by atoms with E-state index >= 15 is 0 Å². The molecule has 2 aromatic rings. The average Bonchev–Trinajstić information content (AvgIpc) is 3.02. The maximum atomic E-state index is 12.9. The minimum atomic E-state index is -4.56. The van der Waals surface area contributed by atoms with Gasteiger partial charge in [-0.1, -0.05) is 6.07 Å². The molecular weight excluding hydrogens is 383 g/mol. The maximum Gasteiger partial charge on any atom is 0.416 e. The van der Waals surface area contributed by atoms with Crippen LogP contribution in [0.2, 0.25) is 0 Å². The van der Waals surface area contributed by atoms with Crippen molar-refractivity contribution >= 4 is 28.3 Å². The van der Waals surface area contributed by atoms with E-state index in [0.717, 1.165) is 28.0 Å². The molecular formula is C17H18F3N3O3S. The largest absolute Gasteiger partial charge is 0.416 e. The number of halogens is 3. The van der Waals surface area contributed by atoms with Crippen LogP contribution in [0, 0.1) is 6.92 Å². The summed E-state index contributed by atoms with van der Waals surface area (Å²) in [5.41, 5.74) is -1.08. The van der Waals surface area contributed by atoms with E-state index in [9.17, 15) is 22.8 Å². The van der Waals surface area contributed by atoms with Crippen LogP contribution in [0.1, 0.15) is 20.8 Å². The molecule has 0 fully saturated rings. The minimum absolute atomic E-state index is 0.0515. The van der Waals surface area contributed by atoms with Crippen molar-refractivity contribution in [1.29, 1.82) is 0 Å². The number of nitrogens with zero attached hydrogens (tertiary/aromatic N) is 2. The lowest BCUT2D eigenvalue weighted by Crippen LogP contribution is -2.40. The zero-order chi connectivity index (χ0) is 20.0. The number of aryl methyl sites for hydroxylation is 1. The summed E-state index contributed by atoms with van der Waals surface area (Å²) in [6, 6.07) is 4.08. The summed E-state index contributed by atoms with van der Waals surface area (Å²) in [6.07, 6.45) is -2.97. The third-order valence-corrected chi connectivity index (χ3v) is 4.32. The lowest BCUT2D eigenvalue weighted by Gasteiger charge is -2.22. The highest BCUT2D eigenvalue weighted by Crippen LogP contribution is 2.29. The number of carbonyl (C=O) groups is 2. The Labute approximate surface area is 158 Å². The number of amides is 2. The Bertz CT molecular complexity index is 808. The van der Waals surface area contributed by atoms with E-state index in [0.29, 0.717) is 5.13 Å². The van der Waals surface area contributed by atoms with E-state index in [1.54, 1.807) is 6.20 Å². The molecule has 0 aliphatic heterocycles. The number of ether oxygens (including phenoxy) is 1. The first kappa shape index (κ1) is 20.8.